The number of hydrogen-bond donors (Lipinski definition) is 6. The van der Waals surface area contributed by atoms with Crippen molar-refractivity contribution in [3.8, 4) is 0 Å². The van der Waals surface area contributed by atoms with Gasteiger partial charge in [0.25, 0.3) is 0 Å². The van der Waals surface area contributed by atoms with Crippen molar-refractivity contribution in [2.45, 2.75) is 75.5 Å². The molecule has 2 aliphatic rings. The molecule has 5 aromatic rings. The molecule has 3 aromatic heterocycles. The number of rotatable bonds is 12. The molecule has 4 atom stereocenters. The van der Waals surface area contributed by atoms with Gasteiger partial charge in [0.15, 0.2) is 29.3 Å². The number of imidazole rings is 1. The molecule has 0 bridgehead atoms. The maximum atomic E-state index is 11.2. The molecule has 7 rings (SSSR count). The number of fused-ring (bicyclic) bond motifs is 1. The minimum absolute atomic E-state index is 0.0555. The molecule has 0 saturated carbocycles. The summed E-state index contributed by atoms with van der Waals surface area (Å²) in [5.74, 6) is -4.26. The summed E-state index contributed by atoms with van der Waals surface area (Å²) >= 11 is 0. The second kappa shape index (κ2) is 20.5. The predicted octanol–water partition coefficient (Wildman–Crippen LogP) is 4.23. The number of tetrazole rings is 1. The van der Waals surface area contributed by atoms with Crippen molar-refractivity contribution in [1.29, 1.82) is 0 Å². The molecule has 2 aromatic carbocycles. The summed E-state index contributed by atoms with van der Waals surface area (Å²) < 4.78 is 71.3. The number of nitrogens with one attached hydrogen (secondary N) is 2. The van der Waals surface area contributed by atoms with Crippen LogP contribution in [0.2, 0.25) is 0 Å². The molecule has 0 amide bonds. The van der Waals surface area contributed by atoms with Crippen LogP contribution in [0.15, 0.2) is 67.0 Å². The quantitative estimate of drug-likeness (QED) is 0.0962. The highest BCUT2D eigenvalue weighted by molar-refractivity contribution is 5.84. The van der Waals surface area contributed by atoms with Gasteiger partial charge in [-0.2, -0.15) is 41.1 Å². The standard InChI is InChI=1S/C33H41N11O3.2C2HF3O2/c1-2-44-40-30(39-41-44)28-26(45)27(46)32(47-28)43-21-36-25-29(37-33(38-31(25)43)34-16-19-42-17-10-5-11-18-42)35-20-24(22-12-6-3-7-13-22)23-14-8-4-9-15-23;2*3-2(4,5)1(6)7/h3-4,6-9,12-15,21,24,26-28,32,45-46H,2,5,10-11,16-20H2,1H3,(H2,34,35,37,38);2*(H,6,7)/t26-,27+,28-,32+;;/m0../s1. The third-order valence-corrected chi connectivity index (χ3v) is 9.46. The minimum Gasteiger partial charge on any atom is -0.475 e. The SMILES string of the molecule is CCn1nnc([C@H]2O[C@@H](n3cnc4c(NCC(c5ccccc5)c5ccccc5)nc(NCCN5CCCCC5)nc43)[C@H](O)[C@@H]2O)n1.O=C(O)C(F)(F)F.O=C(O)C(F)(F)F. The Morgan fingerprint density at radius 3 is 1.95 bits per heavy atom. The number of aliphatic hydroxyl groups excluding tert-OH is 2. The molecule has 18 nitrogen and oxygen atoms in total. The van der Waals surface area contributed by atoms with Gasteiger partial charge in [0.2, 0.25) is 11.8 Å². The number of carboxylic acid groups (broad SMARTS) is 2. The Labute approximate surface area is 343 Å². The van der Waals surface area contributed by atoms with Gasteiger partial charge >= 0.3 is 24.3 Å². The Morgan fingerprint density at radius 1 is 0.852 bits per heavy atom. The normalized spacial score (nSPS) is 19.4. The zero-order chi connectivity index (χ0) is 44.3. The zero-order valence-electron chi connectivity index (χ0n) is 32.4. The predicted molar refractivity (Wildman–Crippen MR) is 203 cm³/mol. The lowest BCUT2D eigenvalue weighted by Gasteiger charge is -2.26. The van der Waals surface area contributed by atoms with Gasteiger partial charge in [-0.3, -0.25) is 4.57 Å². The fraction of sp³-hybridized carbons (Fsp3) is 0.459. The Hall–Kier alpha value is -5.98. The third-order valence-electron chi connectivity index (χ3n) is 9.46. The van der Waals surface area contributed by atoms with Crippen molar-refractivity contribution in [3.05, 3.63) is 83.9 Å². The molecule has 24 heteroatoms. The zero-order valence-corrected chi connectivity index (χ0v) is 32.4. The van der Waals surface area contributed by atoms with Crippen LogP contribution < -0.4 is 10.6 Å². The molecule has 0 unspecified atom stereocenters. The van der Waals surface area contributed by atoms with Crippen LogP contribution in [0.5, 0.6) is 0 Å². The second-order valence-electron chi connectivity index (χ2n) is 13.7. The van der Waals surface area contributed by atoms with Crippen LogP contribution >= 0.6 is 0 Å². The first-order valence-electron chi connectivity index (χ1n) is 18.9. The Balaban J connectivity index is 0.000000434. The van der Waals surface area contributed by atoms with Gasteiger partial charge in [-0.15, -0.1) is 10.2 Å². The van der Waals surface area contributed by atoms with Crippen molar-refractivity contribution in [1.82, 2.24) is 44.6 Å². The molecule has 0 aliphatic carbocycles. The molecule has 0 spiro atoms. The van der Waals surface area contributed by atoms with Crippen LogP contribution in [-0.2, 0) is 20.9 Å². The number of hydrogen-bond acceptors (Lipinski definition) is 14. The fourth-order valence-corrected chi connectivity index (χ4v) is 6.42. The summed E-state index contributed by atoms with van der Waals surface area (Å²) in [7, 11) is 0. The van der Waals surface area contributed by atoms with Crippen molar-refractivity contribution in [2.24, 2.45) is 0 Å². The van der Waals surface area contributed by atoms with E-state index in [-0.39, 0.29) is 11.7 Å². The summed E-state index contributed by atoms with van der Waals surface area (Å²) in [5, 5.41) is 55.7. The molecule has 2 fully saturated rings. The van der Waals surface area contributed by atoms with Gasteiger partial charge in [0.05, 0.1) is 12.9 Å². The number of aliphatic carboxylic acids is 2. The van der Waals surface area contributed by atoms with E-state index in [1.807, 2.05) is 43.3 Å². The van der Waals surface area contributed by atoms with Crippen molar-refractivity contribution >= 4 is 34.9 Å². The summed E-state index contributed by atoms with van der Waals surface area (Å²) in [6.45, 7) is 6.73. The number of anilines is 2. The number of nitrogens with zero attached hydrogens (tertiary/aromatic N) is 9. The lowest BCUT2D eigenvalue weighted by Crippen LogP contribution is -2.34. The van der Waals surface area contributed by atoms with Gasteiger partial charge in [-0.1, -0.05) is 67.1 Å². The fourth-order valence-electron chi connectivity index (χ4n) is 6.42. The number of ether oxygens (including phenoxy) is 1. The summed E-state index contributed by atoms with van der Waals surface area (Å²) in [6, 6.07) is 20.8. The smallest absolute Gasteiger partial charge is 0.475 e. The van der Waals surface area contributed by atoms with Crippen LogP contribution in [0.3, 0.4) is 0 Å². The number of likely N-dealkylation sites (tertiary alicyclic amines) is 1. The van der Waals surface area contributed by atoms with E-state index in [1.54, 1.807) is 10.9 Å². The lowest BCUT2D eigenvalue weighted by molar-refractivity contribution is -0.193. The van der Waals surface area contributed by atoms with E-state index in [0.29, 0.717) is 42.6 Å². The number of alkyl halides is 6. The lowest BCUT2D eigenvalue weighted by atomic mass is 9.91. The van der Waals surface area contributed by atoms with Crippen molar-refractivity contribution < 1.29 is 61.1 Å². The molecule has 0 radical (unpaired) electrons. The highest BCUT2D eigenvalue weighted by Gasteiger charge is 2.47. The number of benzene rings is 2. The monoisotopic (exact) mass is 867 g/mol. The third kappa shape index (κ3) is 12.3. The molecule has 330 valence electrons. The van der Waals surface area contributed by atoms with Gasteiger partial charge in [0.1, 0.15) is 12.2 Å². The van der Waals surface area contributed by atoms with Crippen LogP contribution in [0.25, 0.3) is 11.2 Å². The molecule has 6 N–H and O–H groups in total. The largest absolute Gasteiger partial charge is 0.490 e. The Kier molecular flexibility index (Phi) is 15.5. The Morgan fingerprint density at radius 2 is 1.43 bits per heavy atom. The first-order chi connectivity index (χ1) is 29.0. The van der Waals surface area contributed by atoms with Gasteiger partial charge in [-0.05, 0) is 49.2 Å². The summed E-state index contributed by atoms with van der Waals surface area (Å²) in [5.41, 5.74) is 3.34. The number of aromatic nitrogens is 8. The first kappa shape index (κ1) is 46.1. The number of aliphatic hydroxyl groups is 2. The molecule has 5 heterocycles. The van der Waals surface area contributed by atoms with Crippen molar-refractivity contribution in [3.63, 3.8) is 0 Å². The van der Waals surface area contributed by atoms with E-state index in [1.165, 1.54) is 35.2 Å². The van der Waals surface area contributed by atoms with Crippen molar-refractivity contribution in [2.75, 3.05) is 43.4 Å². The average Bonchev–Trinajstić information content (AvgIpc) is 3.96. The van der Waals surface area contributed by atoms with Crippen LogP contribution in [-0.4, -0.2) is 134 Å². The average molecular weight is 868 g/mol. The molecular weight excluding hydrogens is 824 g/mol. The molecular formula is C37H43F6N11O7. The van der Waals surface area contributed by atoms with Gasteiger partial charge in [0, 0.05) is 25.6 Å². The van der Waals surface area contributed by atoms with E-state index in [4.69, 9.17) is 34.5 Å². The van der Waals surface area contributed by atoms with Gasteiger partial charge in [-0.25, -0.2) is 14.6 Å². The van der Waals surface area contributed by atoms with Crippen LogP contribution in [0, 0.1) is 0 Å². The van der Waals surface area contributed by atoms with E-state index in [2.05, 4.69) is 60.2 Å². The highest BCUT2D eigenvalue weighted by Crippen LogP contribution is 2.39. The minimum atomic E-state index is -5.08. The maximum Gasteiger partial charge on any atom is 0.490 e. The second-order valence-corrected chi connectivity index (χ2v) is 13.7. The van der Waals surface area contributed by atoms with E-state index in [9.17, 15) is 36.6 Å². The summed E-state index contributed by atoms with van der Waals surface area (Å²) in [4.78, 5) is 36.0. The Bertz CT molecular complexity index is 2110. The molecule has 61 heavy (non-hydrogen) atoms. The number of halogens is 6. The number of aryl methyl sites for hydroxylation is 1. The summed E-state index contributed by atoms with van der Waals surface area (Å²) in [6.07, 6.45) is -9.38. The number of carbonyl (C=O) groups is 2. The maximum absolute atomic E-state index is 11.2. The highest BCUT2D eigenvalue weighted by atomic mass is 19.4. The van der Waals surface area contributed by atoms with Crippen LogP contribution in [0.1, 0.15) is 61.4 Å². The first-order valence-corrected chi connectivity index (χ1v) is 18.9. The molecule has 2 saturated heterocycles. The number of piperidine rings is 1. The van der Waals surface area contributed by atoms with Crippen LogP contribution in [0.4, 0.5) is 38.1 Å². The van der Waals surface area contributed by atoms with E-state index < -0.39 is 48.8 Å². The topological polar surface area (TPSA) is 239 Å². The van der Waals surface area contributed by atoms with E-state index >= 15 is 0 Å². The van der Waals surface area contributed by atoms with E-state index in [0.717, 1.165) is 19.6 Å². The molecule has 2 aliphatic heterocycles. The number of carboxylic acids is 2. The van der Waals surface area contributed by atoms with Gasteiger partial charge < -0.3 is 40.7 Å².